The number of anilines is 1. The van der Waals surface area contributed by atoms with E-state index in [2.05, 4.69) is 33.2 Å². The van der Waals surface area contributed by atoms with Crippen molar-refractivity contribution >= 4 is 39.1 Å². The van der Waals surface area contributed by atoms with E-state index in [0.717, 1.165) is 12.8 Å². The molecule has 1 atom stereocenters. The van der Waals surface area contributed by atoms with Crippen LogP contribution in [0.2, 0.25) is 5.15 Å². The molecule has 1 aromatic rings. The average molecular weight is 321 g/mol. The Bertz CT molecular complexity index is 400. The topological polar surface area (TPSA) is 68.0 Å². The lowest BCUT2D eigenvalue weighted by atomic mass is 10.1. The van der Waals surface area contributed by atoms with E-state index in [-0.39, 0.29) is 5.91 Å². The van der Waals surface area contributed by atoms with E-state index in [1.165, 1.54) is 6.20 Å². The third-order valence-electron chi connectivity index (χ3n) is 2.27. The van der Waals surface area contributed by atoms with E-state index in [1.807, 2.05) is 0 Å². The van der Waals surface area contributed by atoms with Gasteiger partial charge in [0, 0.05) is 0 Å². The van der Waals surface area contributed by atoms with Crippen molar-refractivity contribution < 1.29 is 4.79 Å². The Labute approximate surface area is 114 Å². The molecule has 3 N–H and O–H groups in total. The molecule has 1 rings (SSSR count). The van der Waals surface area contributed by atoms with Gasteiger partial charge in [-0.25, -0.2) is 4.98 Å². The van der Waals surface area contributed by atoms with Crippen molar-refractivity contribution in [3.05, 3.63) is 21.9 Å². The number of hydrogen-bond acceptors (Lipinski definition) is 3. The maximum atomic E-state index is 11.7. The molecular weight excluding hydrogens is 305 g/mol. The van der Waals surface area contributed by atoms with Crippen molar-refractivity contribution in [3.63, 3.8) is 0 Å². The standard InChI is InChI=1S/C11H15BrClN3O/c1-2-3-4-9(14)11(17)16-7-5-8(12)10(13)15-6-7/h5-6,9H,2-4,14H2,1H3,(H,16,17)/t9-/m0/s1. The second-order valence-electron chi connectivity index (χ2n) is 3.73. The third-order valence-corrected chi connectivity index (χ3v) is 3.40. The number of amides is 1. The highest BCUT2D eigenvalue weighted by Crippen LogP contribution is 2.22. The Hall–Kier alpha value is -0.650. The predicted molar refractivity (Wildman–Crippen MR) is 73.1 cm³/mol. The number of nitrogens with zero attached hydrogens (tertiary/aromatic N) is 1. The number of nitrogens with one attached hydrogen (secondary N) is 1. The highest BCUT2D eigenvalue weighted by Gasteiger charge is 2.13. The molecule has 0 saturated heterocycles. The predicted octanol–water partition coefficient (Wildman–Crippen LogP) is 2.95. The summed E-state index contributed by atoms with van der Waals surface area (Å²) in [7, 11) is 0. The number of rotatable bonds is 5. The molecule has 0 radical (unpaired) electrons. The molecule has 1 heterocycles. The summed E-state index contributed by atoms with van der Waals surface area (Å²) in [5.41, 5.74) is 6.33. The fourth-order valence-electron chi connectivity index (χ4n) is 1.28. The molecule has 0 bridgehead atoms. The Morgan fingerprint density at radius 1 is 1.71 bits per heavy atom. The van der Waals surface area contributed by atoms with Gasteiger partial charge in [-0.2, -0.15) is 0 Å². The van der Waals surface area contributed by atoms with Crippen LogP contribution in [0.5, 0.6) is 0 Å². The third kappa shape index (κ3) is 4.61. The summed E-state index contributed by atoms with van der Waals surface area (Å²) < 4.78 is 0.638. The lowest BCUT2D eigenvalue weighted by Gasteiger charge is -2.11. The monoisotopic (exact) mass is 319 g/mol. The number of halogens is 2. The van der Waals surface area contributed by atoms with Gasteiger partial charge in [-0.1, -0.05) is 31.4 Å². The number of nitrogens with two attached hydrogens (primary N) is 1. The van der Waals surface area contributed by atoms with Crippen LogP contribution in [0.3, 0.4) is 0 Å². The fourth-order valence-corrected chi connectivity index (χ4v) is 1.73. The Morgan fingerprint density at radius 2 is 2.41 bits per heavy atom. The summed E-state index contributed by atoms with van der Waals surface area (Å²) in [6.45, 7) is 2.06. The van der Waals surface area contributed by atoms with Gasteiger partial charge in [-0.3, -0.25) is 4.79 Å². The van der Waals surface area contributed by atoms with Crippen LogP contribution in [0.1, 0.15) is 26.2 Å². The molecule has 6 heteroatoms. The van der Waals surface area contributed by atoms with Crippen molar-refractivity contribution in [1.29, 1.82) is 0 Å². The SMILES string of the molecule is CCCC[C@H](N)C(=O)Nc1cnc(Cl)c(Br)c1. The van der Waals surface area contributed by atoms with Gasteiger partial charge in [0.25, 0.3) is 0 Å². The second-order valence-corrected chi connectivity index (χ2v) is 4.95. The normalized spacial score (nSPS) is 12.2. The summed E-state index contributed by atoms with van der Waals surface area (Å²) >= 11 is 8.99. The molecule has 94 valence electrons. The molecule has 17 heavy (non-hydrogen) atoms. The zero-order valence-corrected chi connectivity index (χ0v) is 11.9. The van der Waals surface area contributed by atoms with Crippen LogP contribution in [-0.4, -0.2) is 16.9 Å². The van der Waals surface area contributed by atoms with Gasteiger partial charge in [0.15, 0.2) is 0 Å². The molecule has 0 saturated carbocycles. The molecular formula is C11H15BrClN3O. The molecule has 0 spiro atoms. The number of carbonyl (C=O) groups is 1. The molecule has 0 aliphatic rings. The van der Waals surface area contributed by atoms with Crippen molar-refractivity contribution in [2.45, 2.75) is 32.2 Å². The Kier molecular flexibility index (Phi) is 5.88. The van der Waals surface area contributed by atoms with Gasteiger partial charge >= 0.3 is 0 Å². The first-order valence-corrected chi connectivity index (χ1v) is 6.59. The minimum atomic E-state index is -0.482. The first-order valence-electron chi connectivity index (χ1n) is 5.42. The number of pyridine rings is 1. The van der Waals surface area contributed by atoms with Gasteiger partial charge in [0.05, 0.1) is 22.4 Å². The maximum absolute atomic E-state index is 11.7. The van der Waals surface area contributed by atoms with Crippen molar-refractivity contribution in [3.8, 4) is 0 Å². The minimum Gasteiger partial charge on any atom is -0.323 e. The van der Waals surface area contributed by atoms with E-state index >= 15 is 0 Å². The first kappa shape index (κ1) is 14.4. The van der Waals surface area contributed by atoms with Crippen LogP contribution in [0.15, 0.2) is 16.7 Å². The highest BCUT2D eigenvalue weighted by molar-refractivity contribution is 9.10. The Morgan fingerprint density at radius 3 is 3.00 bits per heavy atom. The molecule has 0 aliphatic carbocycles. The van der Waals surface area contributed by atoms with E-state index in [9.17, 15) is 4.79 Å². The summed E-state index contributed by atoms with van der Waals surface area (Å²) in [5, 5.41) is 3.06. The molecule has 0 aromatic carbocycles. The Balaban J connectivity index is 2.58. The quantitative estimate of drug-likeness (QED) is 0.820. The lowest BCUT2D eigenvalue weighted by molar-refractivity contribution is -0.117. The van der Waals surface area contributed by atoms with Gasteiger partial charge in [-0.15, -0.1) is 0 Å². The van der Waals surface area contributed by atoms with E-state index in [0.29, 0.717) is 21.7 Å². The molecule has 1 aromatic heterocycles. The summed E-state index contributed by atoms with van der Waals surface area (Å²) in [6.07, 6.45) is 4.15. The summed E-state index contributed by atoms with van der Waals surface area (Å²) in [4.78, 5) is 15.6. The van der Waals surface area contributed by atoms with Crippen LogP contribution in [-0.2, 0) is 4.79 Å². The fraction of sp³-hybridized carbons (Fsp3) is 0.455. The van der Waals surface area contributed by atoms with E-state index < -0.39 is 6.04 Å². The molecule has 0 aliphatic heterocycles. The van der Waals surface area contributed by atoms with Crippen molar-refractivity contribution in [1.82, 2.24) is 4.98 Å². The van der Waals surface area contributed by atoms with Crippen LogP contribution in [0.25, 0.3) is 0 Å². The van der Waals surface area contributed by atoms with Crippen molar-refractivity contribution in [2.24, 2.45) is 5.73 Å². The summed E-state index contributed by atoms with van der Waals surface area (Å²) in [6, 6.07) is 1.21. The number of hydrogen-bond donors (Lipinski definition) is 2. The smallest absolute Gasteiger partial charge is 0.241 e. The highest BCUT2D eigenvalue weighted by atomic mass is 79.9. The van der Waals surface area contributed by atoms with Gasteiger partial charge in [0.2, 0.25) is 5.91 Å². The van der Waals surface area contributed by atoms with Crippen LogP contribution < -0.4 is 11.1 Å². The van der Waals surface area contributed by atoms with Crippen molar-refractivity contribution in [2.75, 3.05) is 5.32 Å². The largest absolute Gasteiger partial charge is 0.323 e. The number of aromatic nitrogens is 1. The maximum Gasteiger partial charge on any atom is 0.241 e. The number of carbonyl (C=O) groups excluding carboxylic acids is 1. The number of unbranched alkanes of at least 4 members (excludes halogenated alkanes) is 1. The minimum absolute atomic E-state index is 0.200. The van der Waals surface area contributed by atoms with Crippen LogP contribution >= 0.6 is 27.5 Å². The van der Waals surface area contributed by atoms with Gasteiger partial charge in [0.1, 0.15) is 5.15 Å². The van der Waals surface area contributed by atoms with Gasteiger partial charge < -0.3 is 11.1 Å². The summed E-state index contributed by atoms with van der Waals surface area (Å²) in [5.74, 6) is -0.200. The first-order chi connectivity index (χ1) is 8.04. The van der Waals surface area contributed by atoms with Gasteiger partial charge in [-0.05, 0) is 28.4 Å². The molecule has 0 fully saturated rings. The average Bonchev–Trinajstić information content (AvgIpc) is 2.30. The van der Waals surface area contributed by atoms with Crippen LogP contribution in [0, 0.1) is 0 Å². The molecule has 1 amide bonds. The van der Waals surface area contributed by atoms with E-state index in [4.69, 9.17) is 17.3 Å². The molecule has 0 unspecified atom stereocenters. The lowest BCUT2D eigenvalue weighted by Crippen LogP contribution is -2.35. The second kappa shape index (κ2) is 6.93. The van der Waals surface area contributed by atoms with E-state index in [1.54, 1.807) is 6.07 Å². The zero-order valence-electron chi connectivity index (χ0n) is 9.54. The zero-order chi connectivity index (χ0) is 12.8. The molecule has 4 nitrogen and oxygen atoms in total. The van der Waals surface area contributed by atoms with Crippen LogP contribution in [0.4, 0.5) is 5.69 Å².